The van der Waals surface area contributed by atoms with Gasteiger partial charge in [0, 0.05) is 0 Å². The molecule has 2 aromatic carbocycles. The molecule has 158 valence electrons. The molecule has 0 amide bonds. The minimum absolute atomic E-state index is 0.0103. The second-order valence-electron chi connectivity index (χ2n) is 6.27. The van der Waals surface area contributed by atoms with Crippen molar-refractivity contribution in [2.45, 2.75) is 26.3 Å². The van der Waals surface area contributed by atoms with Crippen LogP contribution in [0.5, 0.6) is 11.5 Å². The van der Waals surface area contributed by atoms with Gasteiger partial charge in [0.15, 0.2) is 11.6 Å². The molecule has 0 saturated heterocycles. The maximum absolute atomic E-state index is 14.3. The van der Waals surface area contributed by atoms with E-state index in [0.29, 0.717) is 12.0 Å². The number of aryl methyl sites for hydroxylation is 1. The Morgan fingerprint density at radius 3 is 1.97 bits per heavy atom. The van der Waals surface area contributed by atoms with E-state index in [9.17, 15) is 26.3 Å². The van der Waals surface area contributed by atoms with Crippen molar-refractivity contribution in [3.05, 3.63) is 76.8 Å². The molecule has 0 aliphatic heterocycles. The van der Waals surface area contributed by atoms with Gasteiger partial charge in [-0.1, -0.05) is 19.1 Å². The molecule has 3 aromatic rings. The molecule has 0 spiro atoms. The van der Waals surface area contributed by atoms with E-state index in [1.54, 1.807) is 13.8 Å². The Bertz CT molecular complexity index is 1050. The number of aromatic nitrogens is 2. The summed E-state index contributed by atoms with van der Waals surface area (Å²) in [5.74, 6) is -12.7. The van der Waals surface area contributed by atoms with Crippen LogP contribution in [0.2, 0.25) is 0 Å². The summed E-state index contributed by atoms with van der Waals surface area (Å²) < 4.78 is 86.3. The van der Waals surface area contributed by atoms with Crippen molar-refractivity contribution >= 4 is 5.82 Å². The van der Waals surface area contributed by atoms with Crippen molar-refractivity contribution in [2.75, 3.05) is 5.32 Å². The topological polar surface area (TPSA) is 47.0 Å². The summed E-state index contributed by atoms with van der Waals surface area (Å²) in [4.78, 5) is 7.70. The molecule has 0 aliphatic rings. The highest BCUT2D eigenvalue weighted by atomic mass is 19.2. The smallest absolute Gasteiger partial charge is 0.207 e. The highest BCUT2D eigenvalue weighted by Crippen LogP contribution is 2.33. The van der Waals surface area contributed by atoms with Crippen LogP contribution >= 0.6 is 0 Å². The number of nitrogens with one attached hydrogen (secondary N) is 1. The zero-order valence-electron chi connectivity index (χ0n) is 15.7. The minimum atomic E-state index is -2.27. The molecule has 1 atom stereocenters. The van der Waals surface area contributed by atoms with E-state index in [2.05, 4.69) is 15.3 Å². The quantitative estimate of drug-likeness (QED) is 0.305. The number of halogens is 6. The van der Waals surface area contributed by atoms with Crippen molar-refractivity contribution in [1.29, 1.82) is 0 Å². The molecule has 0 radical (unpaired) electrons. The van der Waals surface area contributed by atoms with Crippen molar-refractivity contribution in [2.24, 2.45) is 0 Å². The second kappa shape index (κ2) is 8.60. The van der Waals surface area contributed by atoms with Crippen molar-refractivity contribution in [1.82, 2.24) is 9.97 Å². The van der Waals surface area contributed by atoms with Crippen LogP contribution in [0.15, 0.2) is 30.6 Å². The van der Waals surface area contributed by atoms with Crippen molar-refractivity contribution in [3.8, 4) is 11.5 Å². The van der Waals surface area contributed by atoms with E-state index in [0.717, 1.165) is 0 Å². The zero-order valence-corrected chi connectivity index (χ0v) is 15.7. The lowest BCUT2D eigenvalue weighted by Crippen LogP contribution is -2.11. The second-order valence-corrected chi connectivity index (χ2v) is 6.27. The van der Waals surface area contributed by atoms with Crippen LogP contribution in [-0.4, -0.2) is 9.97 Å². The Balaban J connectivity index is 1.79. The number of hydrogen-bond acceptors (Lipinski definition) is 4. The van der Waals surface area contributed by atoms with E-state index >= 15 is 0 Å². The average molecular weight is 427 g/mol. The molecule has 0 aliphatic carbocycles. The first kappa shape index (κ1) is 21.4. The monoisotopic (exact) mass is 427 g/mol. The van der Waals surface area contributed by atoms with Crippen LogP contribution in [0, 0.1) is 34.9 Å². The van der Waals surface area contributed by atoms with Crippen LogP contribution in [0.3, 0.4) is 0 Å². The van der Waals surface area contributed by atoms with E-state index in [4.69, 9.17) is 4.74 Å². The Morgan fingerprint density at radius 2 is 1.40 bits per heavy atom. The number of anilines is 1. The maximum atomic E-state index is 14.3. The number of rotatable bonds is 6. The van der Waals surface area contributed by atoms with Crippen molar-refractivity contribution < 1.29 is 31.1 Å². The van der Waals surface area contributed by atoms with Crippen molar-refractivity contribution in [3.63, 3.8) is 0 Å². The van der Waals surface area contributed by atoms with E-state index in [1.807, 2.05) is 0 Å². The molecule has 0 fully saturated rings. The Morgan fingerprint density at radius 1 is 0.833 bits per heavy atom. The molecule has 1 N–H and O–H groups in total. The lowest BCUT2D eigenvalue weighted by Gasteiger charge is -2.16. The van der Waals surface area contributed by atoms with Crippen LogP contribution in [-0.2, 0) is 6.42 Å². The summed E-state index contributed by atoms with van der Waals surface area (Å²) in [6.07, 6.45) is 1.62. The third-order valence-electron chi connectivity index (χ3n) is 4.32. The fourth-order valence-corrected chi connectivity index (χ4v) is 2.66. The van der Waals surface area contributed by atoms with Gasteiger partial charge in [0.05, 0.1) is 11.7 Å². The van der Waals surface area contributed by atoms with Gasteiger partial charge in [-0.3, -0.25) is 0 Å². The lowest BCUT2D eigenvalue weighted by molar-refractivity contribution is 0.332. The molecule has 1 heterocycles. The standard InChI is InChI=1S/C20H15F6N3O/c1-3-12-13(21)20(28-8-27-12)29-9(2)10-4-6-11(7-5-10)30-19-17(25)15(23)14(22)16(24)18(19)26/h4-9H,3H2,1-2H3,(H,27,28,29). The number of benzene rings is 2. The maximum Gasteiger partial charge on any atom is 0.207 e. The Labute approximate surface area is 167 Å². The fraction of sp³-hybridized carbons (Fsp3) is 0.200. The molecule has 10 heteroatoms. The molecule has 1 aromatic heterocycles. The van der Waals surface area contributed by atoms with Gasteiger partial charge in [-0.2, -0.15) is 8.78 Å². The van der Waals surface area contributed by atoms with E-state index < -0.39 is 46.7 Å². The highest BCUT2D eigenvalue weighted by Gasteiger charge is 2.27. The normalized spacial score (nSPS) is 12.0. The summed E-state index contributed by atoms with van der Waals surface area (Å²) >= 11 is 0. The minimum Gasteiger partial charge on any atom is -0.451 e. The average Bonchev–Trinajstić information content (AvgIpc) is 2.75. The van der Waals surface area contributed by atoms with Gasteiger partial charge >= 0.3 is 0 Å². The number of nitrogens with zero attached hydrogens (tertiary/aromatic N) is 2. The van der Waals surface area contributed by atoms with Gasteiger partial charge in [-0.25, -0.2) is 27.5 Å². The van der Waals surface area contributed by atoms with Gasteiger partial charge in [0.25, 0.3) is 0 Å². The summed E-state index contributed by atoms with van der Waals surface area (Å²) in [5.41, 5.74) is 0.877. The first-order chi connectivity index (χ1) is 14.2. The summed E-state index contributed by atoms with van der Waals surface area (Å²) in [6, 6.07) is 5.10. The molecular formula is C20H15F6N3O. The molecular weight excluding hydrogens is 412 g/mol. The SMILES string of the molecule is CCc1ncnc(NC(C)c2ccc(Oc3c(F)c(F)c(F)c(F)c3F)cc2)c1F. The summed E-state index contributed by atoms with van der Waals surface area (Å²) in [7, 11) is 0. The van der Waals surface area contributed by atoms with Gasteiger partial charge in [-0.15, -0.1) is 0 Å². The van der Waals surface area contributed by atoms with Crippen LogP contribution in [0.4, 0.5) is 32.2 Å². The first-order valence-corrected chi connectivity index (χ1v) is 8.79. The van der Waals surface area contributed by atoms with Gasteiger partial charge in [-0.05, 0) is 31.0 Å². The predicted molar refractivity (Wildman–Crippen MR) is 96.2 cm³/mol. The largest absolute Gasteiger partial charge is 0.451 e. The fourth-order valence-electron chi connectivity index (χ4n) is 2.66. The first-order valence-electron chi connectivity index (χ1n) is 8.79. The van der Waals surface area contributed by atoms with E-state index in [1.165, 1.54) is 30.6 Å². The molecule has 1 unspecified atom stereocenters. The van der Waals surface area contributed by atoms with E-state index in [-0.39, 0.29) is 17.3 Å². The molecule has 0 saturated carbocycles. The highest BCUT2D eigenvalue weighted by molar-refractivity contribution is 5.42. The Hall–Kier alpha value is -3.30. The van der Waals surface area contributed by atoms with Crippen LogP contribution in [0.1, 0.15) is 31.1 Å². The molecule has 3 rings (SSSR count). The zero-order chi connectivity index (χ0) is 22.0. The molecule has 4 nitrogen and oxygen atoms in total. The third-order valence-corrected chi connectivity index (χ3v) is 4.32. The van der Waals surface area contributed by atoms with Crippen LogP contribution < -0.4 is 10.1 Å². The summed E-state index contributed by atoms with van der Waals surface area (Å²) in [5, 5.41) is 2.88. The summed E-state index contributed by atoms with van der Waals surface area (Å²) in [6.45, 7) is 3.47. The lowest BCUT2D eigenvalue weighted by atomic mass is 10.1. The number of hydrogen-bond donors (Lipinski definition) is 1. The Kier molecular flexibility index (Phi) is 6.14. The third kappa shape index (κ3) is 4.03. The van der Waals surface area contributed by atoms with Gasteiger partial charge in [0.2, 0.25) is 34.8 Å². The number of ether oxygens (including phenoxy) is 1. The van der Waals surface area contributed by atoms with Crippen LogP contribution in [0.25, 0.3) is 0 Å². The predicted octanol–water partition coefficient (Wildman–Crippen LogP) is 5.84. The molecule has 0 bridgehead atoms. The van der Waals surface area contributed by atoms with Gasteiger partial charge < -0.3 is 10.1 Å². The van der Waals surface area contributed by atoms with Gasteiger partial charge in [0.1, 0.15) is 12.1 Å². The molecule has 30 heavy (non-hydrogen) atoms.